The molecule has 0 aromatic carbocycles. The van der Waals surface area contributed by atoms with Gasteiger partial charge in [0.2, 0.25) is 11.8 Å². The van der Waals surface area contributed by atoms with Crippen molar-refractivity contribution < 1.29 is 9.59 Å². The van der Waals surface area contributed by atoms with Gasteiger partial charge in [-0.25, -0.2) is 0 Å². The Hall–Kier alpha value is -1.14. The molecule has 0 bridgehead atoms. The molecule has 2 saturated heterocycles. The van der Waals surface area contributed by atoms with Crippen LogP contribution in [0.25, 0.3) is 0 Å². The second kappa shape index (κ2) is 5.33. The maximum absolute atomic E-state index is 12.5. The molecular weight excluding hydrogens is 256 g/mol. The zero-order valence-corrected chi connectivity index (χ0v) is 13.1. The van der Waals surface area contributed by atoms with Gasteiger partial charge < -0.3 is 15.1 Å². The van der Waals surface area contributed by atoms with Gasteiger partial charge in [-0.3, -0.25) is 14.5 Å². The van der Waals surface area contributed by atoms with Crippen LogP contribution in [-0.2, 0) is 9.59 Å². The number of rotatable bonds is 2. The van der Waals surface area contributed by atoms with Crippen LogP contribution >= 0.6 is 0 Å². The van der Waals surface area contributed by atoms with Gasteiger partial charge in [0.05, 0.1) is 0 Å². The van der Waals surface area contributed by atoms with Gasteiger partial charge in [-0.2, -0.15) is 0 Å². The molecule has 0 saturated carbocycles. The fourth-order valence-corrected chi connectivity index (χ4v) is 2.91. The van der Waals surface area contributed by atoms with Gasteiger partial charge >= 0.3 is 0 Å². The van der Waals surface area contributed by atoms with Crippen LogP contribution in [0.4, 0.5) is 0 Å². The van der Waals surface area contributed by atoms with Crippen molar-refractivity contribution >= 4 is 11.8 Å². The number of carbonyl (C=O) groups is 2. The lowest BCUT2D eigenvalue weighted by Gasteiger charge is -2.46. The van der Waals surface area contributed by atoms with Crippen LogP contribution in [0, 0.1) is 0 Å². The van der Waals surface area contributed by atoms with Crippen molar-refractivity contribution in [2.45, 2.75) is 38.4 Å². The number of likely N-dealkylation sites (N-methyl/N-ethyl adjacent to an activating group) is 2. The van der Waals surface area contributed by atoms with Crippen LogP contribution in [-0.4, -0.2) is 84.4 Å². The first-order valence-electron chi connectivity index (χ1n) is 7.24. The molecule has 2 aliphatic heterocycles. The minimum absolute atomic E-state index is 0.00577. The van der Waals surface area contributed by atoms with Crippen LogP contribution in [0.2, 0.25) is 0 Å². The van der Waals surface area contributed by atoms with E-state index in [1.54, 1.807) is 25.7 Å². The van der Waals surface area contributed by atoms with Gasteiger partial charge in [-0.1, -0.05) is 0 Å². The summed E-state index contributed by atoms with van der Waals surface area (Å²) in [6, 6.07) is -0.113. The third kappa shape index (κ3) is 2.81. The highest BCUT2D eigenvalue weighted by Crippen LogP contribution is 2.19. The zero-order chi connectivity index (χ0) is 15.1. The number of amides is 2. The van der Waals surface area contributed by atoms with E-state index in [1.165, 1.54) is 0 Å². The predicted octanol–water partition coefficient (Wildman–Crippen LogP) is -0.642. The highest BCUT2D eigenvalue weighted by atomic mass is 16.2. The number of carbonyl (C=O) groups excluding carboxylic acids is 2. The monoisotopic (exact) mass is 282 g/mol. The average Bonchev–Trinajstić information content (AvgIpc) is 2.36. The highest BCUT2D eigenvalue weighted by Gasteiger charge is 2.44. The molecule has 2 amide bonds. The predicted molar refractivity (Wildman–Crippen MR) is 77.3 cm³/mol. The van der Waals surface area contributed by atoms with Crippen molar-refractivity contribution in [3.8, 4) is 0 Å². The molecule has 2 heterocycles. The Labute approximate surface area is 121 Å². The third-order valence-corrected chi connectivity index (χ3v) is 4.47. The van der Waals surface area contributed by atoms with E-state index in [-0.39, 0.29) is 17.9 Å². The molecular formula is C14H26N4O2. The van der Waals surface area contributed by atoms with E-state index in [0.717, 1.165) is 19.6 Å². The fourth-order valence-electron chi connectivity index (χ4n) is 2.91. The Morgan fingerprint density at radius 1 is 1.25 bits per heavy atom. The number of piperazine rings is 2. The molecule has 2 rings (SSSR count). The molecule has 0 radical (unpaired) electrons. The van der Waals surface area contributed by atoms with E-state index in [2.05, 4.69) is 29.2 Å². The first-order valence-corrected chi connectivity index (χ1v) is 7.24. The SMILES string of the molecule is CC1C(=O)NC(C)(C)C(=O)N1CC1CN(C)CCN1C. The van der Waals surface area contributed by atoms with E-state index in [1.807, 2.05) is 0 Å². The molecule has 0 aliphatic carbocycles. The Morgan fingerprint density at radius 2 is 1.90 bits per heavy atom. The van der Waals surface area contributed by atoms with Gasteiger partial charge in [0.1, 0.15) is 11.6 Å². The van der Waals surface area contributed by atoms with E-state index in [0.29, 0.717) is 6.54 Å². The second-order valence-corrected chi connectivity index (χ2v) is 6.64. The van der Waals surface area contributed by atoms with Crippen molar-refractivity contribution in [1.82, 2.24) is 20.0 Å². The average molecular weight is 282 g/mol. The maximum atomic E-state index is 12.5. The second-order valence-electron chi connectivity index (χ2n) is 6.64. The molecule has 6 nitrogen and oxygen atoms in total. The van der Waals surface area contributed by atoms with Crippen LogP contribution in [0.1, 0.15) is 20.8 Å². The lowest BCUT2D eigenvalue weighted by Crippen LogP contribution is -2.69. The molecule has 0 aromatic heterocycles. The fraction of sp³-hybridized carbons (Fsp3) is 0.857. The third-order valence-electron chi connectivity index (χ3n) is 4.47. The molecule has 2 atom stereocenters. The summed E-state index contributed by atoms with van der Waals surface area (Å²) < 4.78 is 0. The summed E-state index contributed by atoms with van der Waals surface area (Å²) in [4.78, 5) is 30.9. The molecule has 2 unspecified atom stereocenters. The van der Waals surface area contributed by atoms with Crippen LogP contribution in [0.15, 0.2) is 0 Å². The van der Waals surface area contributed by atoms with E-state index >= 15 is 0 Å². The maximum Gasteiger partial charge on any atom is 0.248 e. The van der Waals surface area contributed by atoms with Crippen molar-refractivity contribution in [3.05, 3.63) is 0 Å². The van der Waals surface area contributed by atoms with Crippen LogP contribution in [0.3, 0.4) is 0 Å². The van der Waals surface area contributed by atoms with Gasteiger partial charge in [0.15, 0.2) is 0 Å². The van der Waals surface area contributed by atoms with E-state index < -0.39 is 11.6 Å². The molecule has 0 spiro atoms. The first-order chi connectivity index (χ1) is 9.22. The lowest BCUT2D eigenvalue weighted by molar-refractivity contribution is -0.154. The highest BCUT2D eigenvalue weighted by molar-refractivity contribution is 5.99. The lowest BCUT2D eigenvalue weighted by atomic mass is 9.96. The number of hydrogen-bond acceptors (Lipinski definition) is 4. The number of nitrogens with one attached hydrogen (secondary N) is 1. The zero-order valence-electron chi connectivity index (χ0n) is 13.1. The molecule has 6 heteroatoms. The van der Waals surface area contributed by atoms with Gasteiger partial charge in [-0.15, -0.1) is 0 Å². The van der Waals surface area contributed by atoms with E-state index in [9.17, 15) is 9.59 Å². The van der Waals surface area contributed by atoms with Crippen molar-refractivity contribution in [3.63, 3.8) is 0 Å². The molecule has 20 heavy (non-hydrogen) atoms. The standard InChI is InChI=1S/C14H26N4O2/c1-10-12(19)15-14(2,3)13(20)18(10)9-11-8-16(4)6-7-17(11)5/h10-11H,6-9H2,1-5H3,(H,15,19). The molecule has 0 aromatic rings. The molecule has 2 fully saturated rings. The summed E-state index contributed by atoms with van der Waals surface area (Å²) in [5.74, 6) is -0.0624. The quantitative estimate of drug-likeness (QED) is 0.732. The Balaban J connectivity index is 2.13. The normalized spacial score (nSPS) is 32.4. The Kier molecular flexibility index (Phi) is 4.07. The van der Waals surface area contributed by atoms with Gasteiger partial charge in [0, 0.05) is 32.2 Å². The van der Waals surface area contributed by atoms with Crippen molar-refractivity contribution in [2.24, 2.45) is 0 Å². The van der Waals surface area contributed by atoms with Crippen molar-refractivity contribution in [1.29, 1.82) is 0 Å². The first kappa shape index (κ1) is 15.3. The smallest absolute Gasteiger partial charge is 0.248 e. The molecule has 114 valence electrons. The molecule has 1 N–H and O–H groups in total. The minimum Gasteiger partial charge on any atom is -0.340 e. The van der Waals surface area contributed by atoms with Gasteiger partial charge in [0.25, 0.3) is 0 Å². The Bertz CT molecular complexity index is 410. The summed E-state index contributed by atoms with van der Waals surface area (Å²) in [5.41, 5.74) is -0.803. The summed E-state index contributed by atoms with van der Waals surface area (Å²) >= 11 is 0. The number of hydrogen-bond donors (Lipinski definition) is 1. The van der Waals surface area contributed by atoms with Crippen LogP contribution < -0.4 is 5.32 Å². The minimum atomic E-state index is -0.803. The molecule has 2 aliphatic rings. The van der Waals surface area contributed by atoms with Gasteiger partial charge in [-0.05, 0) is 34.9 Å². The topological polar surface area (TPSA) is 55.9 Å². The summed E-state index contributed by atoms with van der Waals surface area (Å²) in [5, 5.41) is 2.79. The Morgan fingerprint density at radius 3 is 2.55 bits per heavy atom. The van der Waals surface area contributed by atoms with Crippen LogP contribution in [0.5, 0.6) is 0 Å². The summed E-state index contributed by atoms with van der Waals surface area (Å²) in [6.45, 7) is 8.91. The van der Waals surface area contributed by atoms with Crippen molar-refractivity contribution in [2.75, 3.05) is 40.3 Å². The largest absolute Gasteiger partial charge is 0.340 e. The number of nitrogens with zero attached hydrogens (tertiary/aromatic N) is 3. The van der Waals surface area contributed by atoms with E-state index in [4.69, 9.17) is 0 Å². The summed E-state index contributed by atoms with van der Waals surface area (Å²) in [7, 11) is 4.18. The summed E-state index contributed by atoms with van der Waals surface area (Å²) in [6.07, 6.45) is 0.